The van der Waals surface area contributed by atoms with Gasteiger partial charge in [0.1, 0.15) is 4.21 Å². The molecule has 104 valence electrons. The van der Waals surface area contributed by atoms with Crippen LogP contribution < -0.4 is 10.5 Å². The predicted molar refractivity (Wildman–Crippen MR) is 71.7 cm³/mol. The van der Waals surface area contributed by atoms with Gasteiger partial charge in [0, 0.05) is 23.7 Å². The van der Waals surface area contributed by atoms with Crippen LogP contribution in [-0.4, -0.2) is 34.9 Å². The van der Waals surface area contributed by atoms with E-state index >= 15 is 0 Å². The van der Waals surface area contributed by atoms with Crippen molar-refractivity contribution in [3.63, 3.8) is 0 Å². The Morgan fingerprint density at radius 2 is 1.94 bits per heavy atom. The van der Waals surface area contributed by atoms with E-state index in [9.17, 15) is 16.8 Å². The van der Waals surface area contributed by atoms with Crippen LogP contribution in [0.25, 0.3) is 0 Å². The van der Waals surface area contributed by atoms with Crippen LogP contribution in [0.3, 0.4) is 0 Å². The summed E-state index contributed by atoms with van der Waals surface area (Å²) in [6.45, 7) is 1.69. The van der Waals surface area contributed by atoms with E-state index in [0.29, 0.717) is 0 Å². The maximum Gasteiger partial charge on any atom is 0.250 e. The van der Waals surface area contributed by atoms with Crippen LogP contribution in [0, 0.1) is 0 Å². The zero-order valence-electron chi connectivity index (χ0n) is 9.92. The summed E-state index contributed by atoms with van der Waals surface area (Å²) in [5.41, 5.74) is 5.40. The SMILES string of the molecule is CCS(=O)(=O)CCNS(=O)(=O)c1ccc(CN)s1. The highest BCUT2D eigenvalue weighted by molar-refractivity contribution is 7.92. The Balaban J connectivity index is 2.66. The van der Waals surface area contributed by atoms with Gasteiger partial charge in [0.25, 0.3) is 0 Å². The maximum atomic E-state index is 11.8. The molecule has 0 aliphatic carbocycles. The van der Waals surface area contributed by atoms with Crippen molar-refractivity contribution >= 4 is 31.2 Å². The number of thiophene rings is 1. The quantitative estimate of drug-likeness (QED) is 0.732. The molecule has 1 rings (SSSR count). The fourth-order valence-electron chi connectivity index (χ4n) is 1.16. The Morgan fingerprint density at radius 3 is 2.44 bits per heavy atom. The molecule has 9 heteroatoms. The van der Waals surface area contributed by atoms with Crippen molar-refractivity contribution in [1.29, 1.82) is 0 Å². The first-order valence-electron chi connectivity index (χ1n) is 5.29. The molecular formula is C9H16N2O4S3. The van der Waals surface area contributed by atoms with Crippen molar-refractivity contribution in [2.24, 2.45) is 5.73 Å². The van der Waals surface area contributed by atoms with Gasteiger partial charge in [0.05, 0.1) is 5.75 Å². The highest BCUT2D eigenvalue weighted by Gasteiger charge is 2.17. The molecular weight excluding hydrogens is 296 g/mol. The second-order valence-electron chi connectivity index (χ2n) is 3.56. The number of sulfone groups is 1. The fourth-order valence-corrected chi connectivity index (χ4v) is 4.30. The summed E-state index contributed by atoms with van der Waals surface area (Å²) < 4.78 is 48.5. The molecule has 1 heterocycles. The molecule has 6 nitrogen and oxygen atoms in total. The molecule has 0 saturated carbocycles. The van der Waals surface area contributed by atoms with Gasteiger partial charge in [-0.05, 0) is 12.1 Å². The average molecular weight is 312 g/mol. The normalized spacial score (nSPS) is 12.8. The van der Waals surface area contributed by atoms with Gasteiger partial charge in [-0.25, -0.2) is 21.6 Å². The second-order valence-corrected chi connectivity index (χ2v) is 9.19. The summed E-state index contributed by atoms with van der Waals surface area (Å²) >= 11 is 1.08. The highest BCUT2D eigenvalue weighted by atomic mass is 32.2. The number of nitrogens with two attached hydrogens (primary N) is 1. The van der Waals surface area contributed by atoms with Crippen LogP contribution >= 0.6 is 11.3 Å². The van der Waals surface area contributed by atoms with Crippen LogP contribution in [0.2, 0.25) is 0 Å². The molecule has 0 saturated heterocycles. The van der Waals surface area contributed by atoms with Crippen molar-refractivity contribution in [3.05, 3.63) is 17.0 Å². The van der Waals surface area contributed by atoms with Gasteiger partial charge in [0.15, 0.2) is 9.84 Å². The minimum atomic E-state index is -3.63. The van der Waals surface area contributed by atoms with Crippen LogP contribution in [-0.2, 0) is 26.4 Å². The Kier molecular flexibility index (Phi) is 5.29. The zero-order valence-corrected chi connectivity index (χ0v) is 12.4. The largest absolute Gasteiger partial charge is 0.326 e. The molecule has 3 N–H and O–H groups in total. The molecule has 0 aliphatic heterocycles. The van der Waals surface area contributed by atoms with E-state index in [1.54, 1.807) is 6.07 Å². The van der Waals surface area contributed by atoms with E-state index in [2.05, 4.69) is 4.72 Å². The monoisotopic (exact) mass is 312 g/mol. The molecule has 0 amide bonds. The molecule has 0 bridgehead atoms. The molecule has 0 atom stereocenters. The van der Waals surface area contributed by atoms with Crippen LogP contribution in [0.5, 0.6) is 0 Å². The molecule has 0 fully saturated rings. The summed E-state index contributed by atoms with van der Waals surface area (Å²) in [5.74, 6) is -0.192. The molecule has 1 aromatic rings. The van der Waals surface area contributed by atoms with Crippen LogP contribution in [0.1, 0.15) is 11.8 Å². The summed E-state index contributed by atoms with van der Waals surface area (Å²) in [6.07, 6.45) is 0. The minimum Gasteiger partial charge on any atom is -0.326 e. The van der Waals surface area contributed by atoms with Crippen molar-refractivity contribution in [2.75, 3.05) is 18.1 Å². The number of rotatable bonds is 7. The summed E-state index contributed by atoms with van der Waals surface area (Å²) in [7, 11) is -6.80. The van der Waals surface area contributed by atoms with Crippen molar-refractivity contribution < 1.29 is 16.8 Å². The average Bonchev–Trinajstić information content (AvgIpc) is 2.77. The first-order valence-corrected chi connectivity index (χ1v) is 9.41. The van der Waals surface area contributed by atoms with Gasteiger partial charge >= 0.3 is 0 Å². The lowest BCUT2D eigenvalue weighted by Gasteiger charge is -2.04. The van der Waals surface area contributed by atoms with E-state index in [1.807, 2.05) is 0 Å². The van der Waals surface area contributed by atoms with Crippen molar-refractivity contribution in [1.82, 2.24) is 4.72 Å². The molecule has 0 unspecified atom stereocenters. The Morgan fingerprint density at radius 1 is 1.28 bits per heavy atom. The third-order valence-corrected chi connectivity index (χ3v) is 7.01. The van der Waals surface area contributed by atoms with Crippen molar-refractivity contribution in [2.45, 2.75) is 17.7 Å². The van der Waals surface area contributed by atoms with E-state index < -0.39 is 19.9 Å². The first kappa shape index (κ1) is 15.6. The topological polar surface area (TPSA) is 106 Å². The molecule has 0 spiro atoms. The van der Waals surface area contributed by atoms with Crippen LogP contribution in [0.4, 0.5) is 0 Å². The van der Waals surface area contributed by atoms with Gasteiger partial charge in [0.2, 0.25) is 10.0 Å². The summed E-state index contributed by atoms with van der Waals surface area (Å²) in [4.78, 5) is 0.761. The highest BCUT2D eigenvalue weighted by Crippen LogP contribution is 2.20. The Labute approximate surface area is 111 Å². The molecule has 1 aromatic heterocycles. The smallest absolute Gasteiger partial charge is 0.250 e. The first-order chi connectivity index (χ1) is 8.30. The lowest BCUT2D eigenvalue weighted by atomic mass is 10.5. The molecule has 0 aliphatic rings. The van der Waals surface area contributed by atoms with E-state index in [4.69, 9.17) is 5.73 Å². The minimum absolute atomic E-state index is 0.00501. The lowest BCUT2D eigenvalue weighted by molar-refractivity contribution is 0.583. The third-order valence-electron chi connectivity index (χ3n) is 2.25. The third kappa shape index (κ3) is 4.32. The standard InChI is InChI=1S/C9H16N2O4S3/c1-2-17(12,13)6-5-11-18(14,15)9-4-3-8(7-10)16-9/h3-4,11H,2,5-7,10H2,1H3. The van der Waals surface area contributed by atoms with Gasteiger partial charge in [-0.15, -0.1) is 11.3 Å². The van der Waals surface area contributed by atoms with Gasteiger partial charge < -0.3 is 5.73 Å². The Bertz CT molecular complexity index is 589. The number of sulfonamides is 1. The summed E-state index contributed by atoms with van der Waals surface area (Å²) in [5, 5.41) is 0. The van der Waals surface area contributed by atoms with Crippen molar-refractivity contribution in [3.8, 4) is 0 Å². The molecule has 18 heavy (non-hydrogen) atoms. The predicted octanol–water partition coefficient (Wildman–Crippen LogP) is -0.0802. The molecule has 0 aromatic carbocycles. The fraction of sp³-hybridized carbons (Fsp3) is 0.556. The maximum absolute atomic E-state index is 11.8. The number of hydrogen-bond donors (Lipinski definition) is 2. The van der Waals surface area contributed by atoms with Crippen LogP contribution in [0.15, 0.2) is 16.3 Å². The second kappa shape index (κ2) is 6.11. The zero-order chi connectivity index (χ0) is 13.8. The number of hydrogen-bond acceptors (Lipinski definition) is 6. The van der Waals surface area contributed by atoms with E-state index in [0.717, 1.165) is 16.2 Å². The lowest BCUT2D eigenvalue weighted by Crippen LogP contribution is -2.29. The van der Waals surface area contributed by atoms with E-state index in [1.165, 1.54) is 13.0 Å². The van der Waals surface area contributed by atoms with E-state index in [-0.39, 0.29) is 28.8 Å². The van der Waals surface area contributed by atoms with Gasteiger partial charge in [-0.3, -0.25) is 0 Å². The van der Waals surface area contributed by atoms with Gasteiger partial charge in [-0.1, -0.05) is 6.92 Å². The number of nitrogens with one attached hydrogen (secondary N) is 1. The Hall–Kier alpha value is -0.480. The summed E-state index contributed by atoms with van der Waals surface area (Å²) in [6, 6.07) is 3.10. The molecule has 0 radical (unpaired) electrons. The van der Waals surface area contributed by atoms with Gasteiger partial charge in [-0.2, -0.15) is 0 Å².